The van der Waals surface area contributed by atoms with Gasteiger partial charge in [0.25, 0.3) is 0 Å². The second-order valence-corrected chi connectivity index (χ2v) is 2.71. The molecule has 74 valence electrons. The van der Waals surface area contributed by atoms with Gasteiger partial charge in [-0.05, 0) is 31.2 Å². The van der Waals surface area contributed by atoms with Gasteiger partial charge in [0.1, 0.15) is 11.5 Å². The summed E-state index contributed by atoms with van der Waals surface area (Å²) in [7, 11) is 0. The molecule has 0 aliphatic rings. The maximum Gasteiger partial charge on any atom is 0.119 e. The molecule has 0 atom stereocenters. The van der Waals surface area contributed by atoms with Crippen molar-refractivity contribution >= 4 is 0 Å². The smallest absolute Gasteiger partial charge is 0.119 e. The van der Waals surface area contributed by atoms with Crippen molar-refractivity contribution in [1.29, 1.82) is 0 Å². The maximum atomic E-state index is 5.38. The molecule has 0 saturated heterocycles. The first kappa shape index (κ1) is 10.5. The Morgan fingerprint density at radius 3 is 2.21 bits per heavy atom. The van der Waals surface area contributed by atoms with Gasteiger partial charge in [0.2, 0.25) is 0 Å². The van der Waals surface area contributed by atoms with Gasteiger partial charge in [0.15, 0.2) is 0 Å². The predicted octanol–water partition coefficient (Wildman–Crippen LogP) is 2.49. The van der Waals surface area contributed by atoms with Crippen molar-refractivity contribution in [2.75, 3.05) is 13.2 Å². The van der Waals surface area contributed by atoms with E-state index in [1.165, 1.54) is 0 Å². The highest BCUT2D eigenvalue weighted by Gasteiger charge is 1.94. The minimum atomic E-state index is 0.560. The van der Waals surface area contributed by atoms with Crippen molar-refractivity contribution in [2.24, 2.45) is 0 Å². The van der Waals surface area contributed by atoms with Crippen LogP contribution < -0.4 is 9.47 Å². The Bertz CT molecular complexity index is 295. The standard InChI is InChI=1S/C12H14O2/c1-3-5-10-14-12-8-6-11(7-9-12)13-4-2/h1,6-9H,4-5,10H2,2H3. The van der Waals surface area contributed by atoms with E-state index in [0.717, 1.165) is 11.5 Å². The molecule has 0 spiro atoms. The average molecular weight is 190 g/mol. The lowest BCUT2D eigenvalue weighted by Gasteiger charge is -2.05. The first-order valence-electron chi connectivity index (χ1n) is 4.66. The Hall–Kier alpha value is -1.62. The molecule has 0 radical (unpaired) electrons. The van der Waals surface area contributed by atoms with Crippen LogP contribution in [0.3, 0.4) is 0 Å². The van der Waals surface area contributed by atoms with Crippen LogP contribution in [0.5, 0.6) is 11.5 Å². The van der Waals surface area contributed by atoms with Gasteiger partial charge in [-0.3, -0.25) is 0 Å². The van der Waals surface area contributed by atoms with Crippen molar-refractivity contribution in [3.8, 4) is 23.8 Å². The second kappa shape index (κ2) is 5.93. The van der Waals surface area contributed by atoms with E-state index < -0.39 is 0 Å². The minimum absolute atomic E-state index is 0.560. The van der Waals surface area contributed by atoms with Gasteiger partial charge < -0.3 is 9.47 Å². The van der Waals surface area contributed by atoms with Crippen molar-refractivity contribution in [3.63, 3.8) is 0 Å². The van der Waals surface area contributed by atoms with E-state index in [4.69, 9.17) is 15.9 Å². The molecular weight excluding hydrogens is 176 g/mol. The van der Waals surface area contributed by atoms with Gasteiger partial charge in [-0.25, -0.2) is 0 Å². The second-order valence-electron chi connectivity index (χ2n) is 2.71. The van der Waals surface area contributed by atoms with Crippen molar-refractivity contribution < 1.29 is 9.47 Å². The van der Waals surface area contributed by atoms with E-state index in [2.05, 4.69) is 5.92 Å². The van der Waals surface area contributed by atoms with E-state index >= 15 is 0 Å². The fourth-order valence-electron chi connectivity index (χ4n) is 1.03. The monoisotopic (exact) mass is 190 g/mol. The lowest BCUT2D eigenvalue weighted by atomic mass is 10.3. The Labute approximate surface area is 84.8 Å². The number of hydrogen-bond donors (Lipinski definition) is 0. The van der Waals surface area contributed by atoms with Crippen LogP contribution in [0.2, 0.25) is 0 Å². The number of hydrogen-bond acceptors (Lipinski definition) is 2. The van der Waals surface area contributed by atoms with Crippen LogP contribution in [-0.4, -0.2) is 13.2 Å². The zero-order chi connectivity index (χ0) is 10.2. The van der Waals surface area contributed by atoms with Crippen LogP contribution in [0.25, 0.3) is 0 Å². The molecule has 2 heteroatoms. The third-order valence-electron chi connectivity index (χ3n) is 1.65. The molecule has 0 aromatic heterocycles. The van der Waals surface area contributed by atoms with Crippen molar-refractivity contribution in [1.82, 2.24) is 0 Å². The quantitative estimate of drug-likeness (QED) is 0.524. The predicted molar refractivity (Wildman–Crippen MR) is 56.6 cm³/mol. The van der Waals surface area contributed by atoms with E-state index in [1.54, 1.807) is 0 Å². The normalized spacial score (nSPS) is 9.14. The number of benzene rings is 1. The molecule has 0 amide bonds. The van der Waals surface area contributed by atoms with E-state index in [9.17, 15) is 0 Å². The lowest BCUT2D eigenvalue weighted by molar-refractivity contribution is 0.322. The van der Waals surface area contributed by atoms with E-state index in [1.807, 2.05) is 31.2 Å². The highest BCUT2D eigenvalue weighted by Crippen LogP contribution is 2.17. The molecule has 0 fully saturated rings. The molecule has 0 heterocycles. The average Bonchev–Trinajstić information content (AvgIpc) is 2.21. The summed E-state index contributed by atoms with van der Waals surface area (Å²) in [5.74, 6) is 4.20. The molecule has 0 unspecified atom stereocenters. The third-order valence-corrected chi connectivity index (χ3v) is 1.65. The summed E-state index contributed by atoms with van der Waals surface area (Å²) in [6.07, 6.45) is 5.74. The summed E-state index contributed by atoms with van der Waals surface area (Å²) in [5.41, 5.74) is 0. The molecule has 1 rings (SSSR count). The van der Waals surface area contributed by atoms with Crippen LogP contribution in [-0.2, 0) is 0 Å². The van der Waals surface area contributed by atoms with Crippen LogP contribution in [0.1, 0.15) is 13.3 Å². The van der Waals surface area contributed by atoms with Gasteiger partial charge >= 0.3 is 0 Å². The molecule has 0 bridgehead atoms. The molecule has 1 aromatic carbocycles. The Kier molecular flexibility index (Phi) is 4.43. The zero-order valence-corrected chi connectivity index (χ0v) is 8.32. The molecule has 1 aromatic rings. The first-order chi connectivity index (χ1) is 6.86. The Morgan fingerprint density at radius 2 is 1.71 bits per heavy atom. The molecule has 0 saturated carbocycles. The maximum absolute atomic E-state index is 5.38. The van der Waals surface area contributed by atoms with Gasteiger partial charge in [0.05, 0.1) is 13.2 Å². The summed E-state index contributed by atoms with van der Waals surface area (Å²) in [5, 5.41) is 0. The molecule has 0 aliphatic carbocycles. The summed E-state index contributed by atoms with van der Waals surface area (Å²) < 4.78 is 10.7. The summed E-state index contributed by atoms with van der Waals surface area (Å²) in [6.45, 7) is 3.19. The summed E-state index contributed by atoms with van der Waals surface area (Å²) in [6, 6.07) is 7.52. The van der Waals surface area contributed by atoms with E-state index in [-0.39, 0.29) is 0 Å². The molecular formula is C12H14O2. The van der Waals surface area contributed by atoms with Gasteiger partial charge in [-0.15, -0.1) is 12.3 Å². The van der Waals surface area contributed by atoms with Crippen LogP contribution in [0, 0.1) is 12.3 Å². The third kappa shape index (κ3) is 3.40. The highest BCUT2D eigenvalue weighted by molar-refractivity contribution is 5.31. The van der Waals surface area contributed by atoms with Gasteiger partial charge in [-0.1, -0.05) is 0 Å². The Balaban J connectivity index is 2.43. The molecule has 2 nitrogen and oxygen atoms in total. The van der Waals surface area contributed by atoms with Crippen LogP contribution in [0.4, 0.5) is 0 Å². The number of rotatable bonds is 5. The topological polar surface area (TPSA) is 18.5 Å². The minimum Gasteiger partial charge on any atom is -0.494 e. The van der Waals surface area contributed by atoms with Gasteiger partial charge in [-0.2, -0.15) is 0 Å². The lowest BCUT2D eigenvalue weighted by Crippen LogP contribution is -1.96. The van der Waals surface area contributed by atoms with Crippen molar-refractivity contribution in [2.45, 2.75) is 13.3 Å². The fourth-order valence-corrected chi connectivity index (χ4v) is 1.03. The number of terminal acetylenes is 1. The van der Waals surface area contributed by atoms with Crippen molar-refractivity contribution in [3.05, 3.63) is 24.3 Å². The summed E-state index contributed by atoms with van der Waals surface area (Å²) in [4.78, 5) is 0. The summed E-state index contributed by atoms with van der Waals surface area (Å²) >= 11 is 0. The molecule has 0 N–H and O–H groups in total. The van der Waals surface area contributed by atoms with Crippen LogP contribution in [0.15, 0.2) is 24.3 Å². The fraction of sp³-hybridized carbons (Fsp3) is 0.333. The largest absolute Gasteiger partial charge is 0.494 e. The zero-order valence-electron chi connectivity index (χ0n) is 8.32. The van der Waals surface area contributed by atoms with Crippen LogP contribution >= 0.6 is 0 Å². The SMILES string of the molecule is C#CCCOc1ccc(OCC)cc1. The first-order valence-corrected chi connectivity index (χ1v) is 4.66. The van der Waals surface area contributed by atoms with Gasteiger partial charge in [0, 0.05) is 6.42 Å². The van der Waals surface area contributed by atoms with E-state index in [0.29, 0.717) is 19.6 Å². The number of ether oxygens (including phenoxy) is 2. The molecule has 0 aliphatic heterocycles. The Morgan fingerprint density at radius 1 is 1.14 bits per heavy atom. The highest BCUT2D eigenvalue weighted by atomic mass is 16.5. The molecule has 14 heavy (non-hydrogen) atoms.